The number of hydrogen-bond acceptors (Lipinski definition) is 11. The van der Waals surface area contributed by atoms with E-state index in [0.29, 0.717) is 12.8 Å². The number of hydrogen-bond donors (Lipinski definition) is 3. The number of carbonyl (C=O) groups excluding carboxylic acids is 6. The number of unbranched alkanes of at least 4 members (excludes halogenated alkanes) is 16. The Labute approximate surface area is 358 Å². The molecule has 13 nitrogen and oxygen atoms in total. The van der Waals surface area contributed by atoms with Crippen molar-refractivity contribution in [2.24, 2.45) is 5.73 Å². The van der Waals surface area contributed by atoms with Crippen molar-refractivity contribution in [3.63, 3.8) is 0 Å². The number of nitrogens with two attached hydrogens (primary N) is 1. The minimum absolute atomic E-state index is 0. The maximum Gasteiger partial charge on any atom is 1.00 e. The molecule has 0 aliphatic heterocycles. The van der Waals surface area contributed by atoms with Crippen molar-refractivity contribution in [2.45, 2.75) is 187 Å². The van der Waals surface area contributed by atoms with Gasteiger partial charge in [-0.3, -0.25) is 9.59 Å². The van der Waals surface area contributed by atoms with Crippen molar-refractivity contribution in [3.8, 4) is 0 Å². The summed E-state index contributed by atoms with van der Waals surface area (Å²) in [6.07, 6.45) is 22.7. The molecule has 0 aromatic heterocycles. The average Bonchev–Trinajstić information content (AvgIpc) is 3.08. The number of carbonyl (C=O) groups is 6. The summed E-state index contributed by atoms with van der Waals surface area (Å²) in [6, 6.07) is -2.31. The molecule has 0 rings (SSSR count). The van der Waals surface area contributed by atoms with E-state index in [-0.39, 0.29) is 83.8 Å². The first-order valence-corrected chi connectivity index (χ1v) is 18.7. The van der Waals surface area contributed by atoms with Gasteiger partial charge >= 0.3 is 71.1 Å². The second kappa shape index (κ2) is 44.2. The molecule has 4 N–H and O–H groups in total. The number of ether oxygens (including phenoxy) is 2. The molecule has 0 radical (unpaired) electrons. The van der Waals surface area contributed by atoms with E-state index < -0.39 is 42.0 Å². The number of amides is 2. The molecular weight excluding hydrogens is 692 g/mol. The standard InChI is InChI=1S/2C16H31NO3.C5H9NO4.2Na/c2*1-4-5-6-7-8-9-10-11-12-13-15(18)17-14(2)16(19)20-3;6-3(5(9)10)1-2-4(7)8;;/h2*14H,4-13H2,1-3H3,(H,17,18);3H,1-2,6H2,(H,7,8)(H,9,10);;/q;;;2*+1/p-2/t2*14-;3-;;/m000../s1. The maximum absolute atomic E-state index is 11.6. The van der Waals surface area contributed by atoms with E-state index in [4.69, 9.17) is 5.73 Å². The minimum Gasteiger partial charge on any atom is -0.550 e. The summed E-state index contributed by atoms with van der Waals surface area (Å²) in [4.78, 5) is 65.0. The molecule has 0 heterocycles. The summed E-state index contributed by atoms with van der Waals surface area (Å²) in [5, 5.41) is 24.9. The van der Waals surface area contributed by atoms with E-state index in [1.165, 1.54) is 104 Å². The van der Waals surface area contributed by atoms with Crippen LogP contribution in [0, 0.1) is 0 Å². The molecule has 52 heavy (non-hydrogen) atoms. The molecule has 0 bridgehead atoms. The van der Waals surface area contributed by atoms with Gasteiger partial charge in [0, 0.05) is 24.9 Å². The van der Waals surface area contributed by atoms with Gasteiger partial charge in [0.25, 0.3) is 0 Å². The van der Waals surface area contributed by atoms with Crippen LogP contribution in [0.4, 0.5) is 0 Å². The Morgan fingerprint density at radius 3 is 1.08 bits per heavy atom. The van der Waals surface area contributed by atoms with E-state index >= 15 is 0 Å². The summed E-state index contributed by atoms with van der Waals surface area (Å²) in [5.41, 5.74) is 4.91. The zero-order valence-corrected chi connectivity index (χ0v) is 37.9. The van der Waals surface area contributed by atoms with Crippen LogP contribution in [0.3, 0.4) is 0 Å². The van der Waals surface area contributed by atoms with Crippen LogP contribution in [0.25, 0.3) is 0 Å². The Morgan fingerprint density at radius 1 is 0.538 bits per heavy atom. The van der Waals surface area contributed by atoms with Crippen LogP contribution in [-0.4, -0.2) is 68.0 Å². The Balaban J connectivity index is -0.000000220. The molecular formula is C37H69N3Na2O10. The third kappa shape index (κ3) is 44.9. The second-order valence-corrected chi connectivity index (χ2v) is 12.6. The molecule has 0 aromatic carbocycles. The molecule has 0 spiro atoms. The number of aliphatic carboxylic acids is 2. The number of nitrogens with one attached hydrogen (secondary N) is 2. The van der Waals surface area contributed by atoms with Crippen LogP contribution in [0.2, 0.25) is 0 Å². The average molecular weight is 762 g/mol. The molecule has 0 unspecified atom stereocenters. The Bertz CT molecular complexity index is 859. The van der Waals surface area contributed by atoms with Gasteiger partial charge in [-0.1, -0.05) is 117 Å². The van der Waals surface area contributed by atoms with E-state index in [1.807, 2.05) is 0 Å². The van der Waals surface area contributed by atoms with Gasteiger partial charge in [-0.15, -0.1) is 0 Å². The van der Waals surface area contributed by atoms with E-state index in [9.17, 15) is 39.0 Å². The number of rotatable bonds is 28. The molecule has 3 atom stereocenters. The first-order chi connectivity index (χ1) is 23.8. The quantitative estimate of drug-likeness (QED) is 0.0441. The molecule has 0 aliphatic rings. The minimum atomic E-state index is -1.44. The number of methoxy groups -OCH3 is 2. The summed E-state index contributed by atoms with van der Waals surface area (Å²) in [7, 11) is 2.65. The predicted molar refractivity (Wildman–Crippen MR) is 190 cm³/mol. The van der Waals surface area contributed by atoms with E-state index in [1.54, 1.807) is 13.8 Å². The van der Waals surface area contributed by atoms with E-state index in [0.717, 1.165) is 25.7 Å². The fourth-order valence-electron chi connectivity index (χ4n) is 4.68. The van der Waals surface area contributed by atoms with Crippen molar-refractivity contribution in [1.29, 1.82) is 0 Å². The fourth-order valence-corrected chi connectivity index (χ4v) is 4.68. The van der Waals surface area contributed by atoms with Gasteiger partial charge in [-0.25, -0.2) is 9.59 Å². The molecule has 2 amide bonds. The van der Waals surface area contributed by atoms with Crippen LogP contribution in [0.1, 0.15) is 169 Å². The van der Waals surface area contributed by atoms with Gasteiger partial charge in [0.1, 0.15) is 12.1 Å². The maximum atomic E-state index is 11.6. The van der Waals surface area contributed by atoms with Gasteiger partial charge in [0.05, 0.1) is 20.2 Å². The first-order valence-electron chi connectivity index (χ1n) is 18.7. The zero-order valence-electron chi connectivity index (χ0n) is 33.9. The van der Waals surface area contributed by atoms with Gasteiger partial charge < -0.3 is 45.6 Å². The molecule has 0 saturated heterocycles. The van der Waals surface area contributed by atoms with Gasteiger partial charge in [-0.05, 0) is 39.5 Å². The molecule has 0 fully saturated rings. The second-order valence-electron chi connectivity index (χ2n) is 12.6. The topological polar surface area (TPSA) is 217 Å². The number of esters is 2. The third-order valence-electron chi connectivity index (χ3n) is 7.84. The van der Waals surface area contributed by atoms with Crippen molar-refractivity contribution in [2.75, 3.05) is 14.2 Å². The molecule has 0 aliphatic carbocycles. The first kappa shape index (κ1) is 60.0. The fraction of sp³-hybridized carbons (Fsp3) is 0.838. The molecule has 294 valence electrons. The van der Waals surface area contributed by atoms with Crippen LogP contribution in [0.5, 0.6) is 0 Å². The largest absolute Gasteiger partial charge is 1.00 e. The van der Waals surface area contributed by atoms with Gasteiger partial charge in [-0.2, -0.15) is 0 Å². The molecule has 0 saturated carbocycles. The SMILES string of the molecule is CCCCCCCCCCCC(=O)N[C@@H](C)C(=O)OC.CCCCCCCCCCCC(=O)N[C@@H](C)C(=O)OC.N[C@@H](CCC(=O)[O-])C(=O)[O-].[Na+].[Na+]. The van der Waals surface area contributed by atoms with Crippen LogP contribution >= 0.6 is 0 Å². The smallest absolute Gasteiger partial charge is 0.550 e. The summed E-state index contributed by atoms with van der Waals surface area (Å²) >= 11 is 0. The summed E-state index contributed by atoms with van der Waals surface area (Å²) < 4.78 is 9.11. The van der Waals surface area contributed by atoms with Crippen molar-refractivity contribution in [1.82, 2.24) is 10.6 Å². The summed E-state index contributed by atoms with van der Waals surface area (Å²) in [6.45, 7) is 7.73. The van der Waals surface area contributed by atoms with Crippen molar-refractivity contribution >= 4 is 35.7 Å². The van der Waals surface area contributed by atoms with Gasteiger partial charge in [0.2, 0.25) is 11.8 Å². The van der Waals surface area contributed by atoms with Crippen molar-refractivity contribution in [3.05, 3.63) is 0 Å². The van der Waals surface area contributed by atoms with Crippen LogP contribution in [0.15, 0.2) is 0 Å². The summed E-state index contributed by atoms with van der Waals surface area (Å²) in [5.74, 6) is -3.68. The Morgan fingerprint density at radius 2 is 0.827 bits per heavy atom. The van der Waals surface area contributed by atoms with Crippen LogP contribution < -0.4 is 85.7 Å². The Kier molecular flexibility index (Phi) is 51.0. The molecule has 0 aromatic rings. The monoisotopic (exact) mass is 761 g/mol. The predicted octanol–water partition coefficient (Wildman–Crippen LogP) is -2.23. The normalized spacial score (nSPS) is 11.6. The van der Waals surface area contributed by atoms with E-state index in [2.05, 4.69) is 34.0 Å². The van der Waals surface area contributed by atoms with Gasteiger partial charge in [0.15, 0.2) is 0 Å². The number of carboxylic acid groups (broad SMARTS) is 2. The zero-order chi connectivity index (χ0) is 38.6. The van der Waals surface area contributed by atoms with Crippen molar-refractivity contribution < 1.29 is 108 Å². The third-order valence-corrected chi connectivity index (χ3v) is 7.84. The van der Waals surface area contributed by atoms with Crippen LogP contribution in [-0.2, 0) is 38.2 Å². The number of carboxylic acids is 2. The molecule has 15 heteroatoms. The Hall–Kier alpha value is -1.22.